The highest BCUT2D eigenvalue weighted by Crippen LogP contribution is 2.24. The molecule has 2 rings (SSSR count). The Morgan fingerprint density at radius 1 is 1.00 bits per heavy atom. The summed E-state index contributed by atoms with van der Waals surface area (Å²) < 4.78 is 49.4. The van der Waals surface area contributed by atoms with Crippen molar-refractivity contribution in [2.75, 3.05) is 11.9 Å². The van der Waals surface area contributed by atoms with E-state index < -0.39 is 18.9 Å². The quantitative estimate of drug-likeness (QED) is 0.811. The maximum Gasteiger partial charge on any atom is 0.324 e. The van der Waals surface area contributed by atoms with Crippen LogP contribution in [0.4, 0.5) is 23.2 Å². The molecular formula is C13H11F4N. The number of halogens is 4. The van der Waals surface area contributed by atoms with Gasteiger partial charge in [-0.1, -0.05) is 30.3 Å². The van der Waals surface area contributed by atoms with Crippen LogP contribution in [0.3, 0.4) is 0 Å². The summed E-state index contributed by atoms with van der Waals surface area (Å²) in [5.41, 5.74) is 0.397. The molecular weight excluding hydrogens is 246 g/mol. The summed E-state index contributed by atoms with van der Waals surface area (Å²) in [6.07, 6.45) is -3.66. The highest BCUT2D eigenvalue weighted by atomic mass is 19.3. The molecule has 0 aliphatic heterocycles. The van der Waals surface area contributed by atoms with E-state index in [0.717, 1.165) is 10.8 Å². The molecule has 1 N–H and O–H groups in total. The molecule has 5 heteroatoms. The fourth-order valence-corrected chi connectivity index (χ4v) is 1.60. The monoisotopic (exact) mass is 257 g/mol. The molecule has 96 valence electrons. The Kier molecular flexibility index (Phi) is 3.41. The summed E-state index contributed by atoms with van der Waals surface area (Å²) in [7, 11) is 0. The molecule has 18 heavy (non-hydrogen) atoms. The first-order valence-corrected chi connectivity index (χ1v) is 5.38. The van der Waals surface area contributed by atoms with Crippen LogP contribution in [0.2, 0.25) is 0 Å². The number of benzene rings is 2. The number of anilines is 1. The van der Waals surface area contributed by atoms with Gasteiger partial charge in [-0.25, -0.2) is 8.78 Å². The lowest BCUT2D eigenvalue weighted by Gasteiger charge is -2.16. The minimum atomic E-state index is -4.02. The van der Waals surface area contributed by atoms with Crippen molar-refractivity contribution in [1.82, 2.24) is 0 Å². The van der Waals surface area contributed by atoms with Crippen LogP contribution in [0.5, 0.6) is 0 Å². The van der Waals surface area contributed by atoms with E-state index in [9.17, 15) is 17.6 Å². The van der Waals surface area contributed by atoms with Crippen LogP contribution in [0, 0.1) is 0 Å². The zero-order valence-electron chi connectivity index (χ0n) is 9.34. The molecule has 0 saturated heterocycles. The maximum atomic E-state index is 12.7. The summed E-state index contributed by atoms with van der Waals surface area (Å²) in [4.78, 5) is 0. The van der Waals surface area contributed by atoms with Crippen molar-refractivity contribution in [3.63, 3.8) is 0 Å². The molecule has 0 bridgehead atoms. The summed E-state index contributed by atoms with van der Waals surface area (Å²) in [5, 5.41) is 4.15. The van der Waals surface area contributed by atoms with E-state index in [1.807, 2.05) is 24.3 Å². The molecule has 0 amide bonds. The van der Waals surface area contributed by atoms with Gasteiger partial charge in [-0.15, -0.1) is 0 Å². The maximum absolute atomic E-state index is 12.7. The van der Waals surface area contributed by atoms with E-state index in [1.165, 1.54) is 0 Å². The Bertz CT molecular complexity index is 539. The number of fused-ring (bicyclic) bond motifs is 1. The van der Waals surface area contributed by atoms with Crippen molar-refractivity contribution in [2.45, 2.75) is 12.3 Å². The van der Waals surface area contributed by atoms with Crippen LogP contribution in [0.1, 0.15) is 0 Å². The first-order chi connectivity index (χ1) is 8.49. The van der Waals surface area contributed by atoms with Gasteiger partial charge < -0.3 is 5.32 Å². The van der Waals surface area contributed by atoms with E-state index in [-0.39, 0.29) is 0 Å². The summed E-state index contributed by atoms with van der Waals surface area (Å²) in [6, 6.07) is 12.4. The third-order valence-electron chi connectivity index (χ3n) is 2.60. The molecule has 0 unspecified atom stereocenters. The first-order valence-electron chi connectivity index (χ1n) is 5.38. The third-order valence-corrected chi connectivity index (χ3v) is 2.60. The van der Waals surface area contributed by atoms with Crippen LogP contribution >= 0.6 is 0 Å². The van der Waals surface area contributed by atoms with Gasteiger partial charge in [-0.3, -0.25) is 0 Å². The number of alkyl halides is 4. The zero-order chi connectivity index (χ0) is 13.2. The first kappa shape index (κ1) is 12.7. The smallest absolute Gasteiger partial charge is 0.324 e. The Balaban J connectivity index is 2.13. The van der Waals surface area contributed by atoms with Gasteiger partial charge in [-0.05, 0) is 22.9 Å². The molecule has 0 spiro atoms. The highest BCUT2D eigenvalue weighted by Gasteiger charge is 2.40. The molecule has 0 atom stereocenters. The molecule has 0 aromatic heterocycles. The third kappa shape index (κ3) is 2.72. The molecule has 0 aliphatic carbocycles. The van der Waals surface area contributed by atoms with Gasteiger partial charge in [0.15, 0.2) is 0 Å². The zero-order valence-corrected chi connectivity index (χ0v) is 9.34. The van der Waals surface area contributed by atoms with Crippen molar-refractivity contribution < 1.29 is 17.6 Å². The average Bonchev–Trinajstić information content (AvgIpc) is 2.36. The fourth-order valence-electron chi connectivity index (χ4n) is 1.60. The molecule has 0 aliphatic rings. The molecule has 0 fully saturated rings. The number of hydrogen-bond acceptors (Lipinski definition) is 1. The van der Waals surface area contributed by atoms with Gasteiger partial charge in [0.1, 0.15) is 0 Å². The molecule has 0 heterocycles. The topological polar surface area (TPSA) is 12.0 Å². The molecule has 0 radical (unpaired) electrons. The van der Waals surface area contributed by atoms with E-state index >= 15 is 0 Å². The van der Waals surface area contributed by atoms with Crippen LogP contribution in [0.15, 0.2) is 42.5 Å². The standard InChI is InChI=1S/C13H11F4N/c14-12(15)13(16,17)8-18-11-6-5-9-3-1-2-4-10(9)7-11/h1-7,12,18H,8H2. The highest BCUT2D eigenvalue weighted by molar-refractivity contribution is 5.85. The van der Waals surface area contributed by atoms with E-state index in [4.69, 9.17) is 0 Å². The second-order valence-electron chi connectivity index (χ2n) is 3.98. The van der Waals surface area contributed by atoms with Crippen molar-refractivity contribution in [2.24, 2.45) is 0 Å². The summed E-state index contributed by atoms with van der Waals surface area (Å²) in [6.45, 7) is -1.08. The molecule has 2 aromatic rings. The second-order valence-corrected chi connectivity index (χ2v) is 3.98. The fraction of sp³-hybridized carbons (Fsp3) is 0.231. The van der Waals surface area contributed by atoms with Crippen molar-refractivity contribution in [1.29, 1.82) is 0 Å². The van der Waals surface area contributed by atoms with Crippen LogP contribution in [-0.4, -0.2) is 18.9 Å². The van der Waals surface area contributed by atoms with Crippen molar-refractivity contribution in [3.05, 3.63) is 42.5 Å². The van der Waals surface area contributed by atoms with E-state index in [0.29, 0.717) is 5.69 Å². The Morgan fingerprint density at radius 2 is 1.67 bits per heavy atom. The number of hydrogen-bond donors (Lipinski definition) is 1. The van der Waals surface area contributed by atoms with Gasteiger partial charge in [0, 0.05) is 5.69 Å². The minimum absolute atomic E-state index is 0.397. The number of rotatable bonds is 4. The van der Waals surface area contributed by atoms with E-state index in [2.05, 4.69) is 5.32 Å². The van der Waals surface area contributed by atoms with Crippen LogP contribution in [-0.2, 0) is 0 Å². The van der Waals surface area contributed by atoms with Crippen LogP contribution in [0.25, 0.3) is 10.8 Å². The van der Waals surface area contributed by atoms with Crippen LogP contribution < -0.4 is 5.32 Å². The lowest BCUT2D eigenvalue weighted by Crippen LogP contribution is -2.34. The van der Waals surface area contributed by atoms with Gasteiger partial charge in [0.25, 0.3) is 0 Å². The van der Waals surface area contributed by atoms with Crippen molar-refractivity contribution >= 4 is 16.5 Å². The van der Waals surface area contributed by atoms with Gasteiger partial charge >= 0.3 is 12.3 Å². The largest absolute Gasteiger partial charge is 0.379 e. The molecule has 2 aromatic carbocycles. The predicted molar refractivity (Wildman–Crippen MR) is 63.4 cm³/mol. The Hall–Kier alpha value is -1.78. The van der Waals surface area contributed by atoms with Gasteiger partial charge in [0.05, 0.1) is 6.54 Å². The second kappa shape index (κ2) is 4.84. The van der Waals surface area contributed by atoms with Gasteiger partial charge in [0.2, 0.25) is 0 Å². The minimum Gasteiger partial charge on any atom is -0.379 e. The lowest BCUT2D eigenvalue weighted by molar-refractivity contribution is -0.117. The number of nitrogens with one attached hydrogen (secondary N) is 1. The normalized spacial score (nSPS) is 12.1. The summed E-state index contributed by atoms with van der Waals surface area (Å²) >= 11 is 0. The van der Waals surface area contributed by atoms with E-state index in [1.54, 1.807) is 18.2 Å². The predicted octanol–water partition coefficient (Wildman–Crippen LogP) is 4.15. The molecule has 1 nitrogen and oxygen atoms in total. The van der Waals surface area contributed by atoms with Gasteiger partial charge in [-0.2, -0.15) is 8.78 Å². The summed E-state index contributed by atoms with van der Waals surface area (Å²) in [5.74, 6) is -4.02. The Labute approximate surface area is 101 Å². The SMILES string of the molecule is FC(F)C(F)(F)CNc1ccc2ccccc2c1. The molecule has 0 saturated carbocycles. The van der Waals surface area contributed by atoms with Crippen molar-refractivity contribution in [3.8, 4) is 0 Å². The Morgan fingerprint density at radius 3 is 2.33 bits per heavy atom. The lowest BCUT2D eigenvalue weighted by atomic mass is 10.1. The average molecular weight is 257 g/mol.